The van der Waals surface area contributed by atoms with Crippen molar-refractivity contribution in [1.82, 2.24) is 10.6 Å². The summed E-state index contributed by atoms with van der Waals surface area (Å²) in [5, 5.41) is 16.5. The van der Waals surface area contributed by atoms with E-state index in [1.807, 2.05) is 12.1 Å². The lowest BCUT2D eigenvalue weighted by atomic mass is 9.93. The number of nitrogens with zero attached hydrogens (tertiary/aromatic N) is 1. The molecule has 0 aliphatic heterocycles. The summed E-state index contributed by atoms with van der Waals surface area (Å²) < 4.78 is 11.0. The normalized spacial score (nSPS) is 19.4. The number of aliphatic hydroxyl groups is 1. The largest absolute Gasteiger partial charge is 0.493 e. The van der Waals surface area contributed by atoms with E-state index in [1.54, 1.807) is 14.2 Å². The van der Waals surface area contributed by atoms with E-state index in [4.69, 9.17) is 14.5 Å². The lowest BCUT2D eigenvalue weighted by Gasteiger charge is -2.27. The van der Waals surface area contributed by atoms with Gasteiger partial charge in [0, 0.05) is 18.2 Å². The first-order valence-corrected chi connectivity index (χ1v) is 9.68. The lowest BCUT2D eigenvalue weighted by Crippen LogP contribution is -2.45. The second-order valence-corrected chi connectivity index (χ2v) is 6.83. The fourth-order valence-electron chi connectivity index (χ4n) is 3.41. The number of allylic oxidation sites excluding steroid dienone is 1. The van der Waals surface area contributed by atoms with Crippen molar-refractivity contribution >= 4 is 29.9 Å². The van der Waals surface area contributed by atoms with Gasteiger partial charge in [0.25, 0.3) is 0 Å². The van der Waals surface area contributed by atoms with Gasteiger partial charge in [0.05, 0.1) is 26.9 Å². The highest BCUT2D eigenvalue weighted by Gasteiger charge is 2.20. The second kappa shape index (κ2) is 12.9. The molecule has 158 valence electrons. The van der Waals surface area contributed by atoms with Crippen LogP contribution in [0.2, 0.25) is 0 Å². The van der Waals surface area contributed by atoms with Crippen LogP contribution in [0.15, 0.2) is 29.8 Å². The molecule has 1 aromatic carbocycles. The summed E-state index contributed by atoms with van der Waals surface area (Å²) in [5.74, 6) is 2.26. The van der Waals surface area contributed by atoms with Crippen LogP contribution in [-0.2, 0) is 13.0 Å². The Morgan fingerprint density at radius 1 is 1.25 bits per heavy atom. The monoisotopic (exact) mass is 503 g/mol. The Kier molecular flexibility index (Phi) is 11.3. The summed E-state index contributed by atoms with van der Waals surface area (Å²) in [5.41, 5.74) is 2.09. The molecular formula is C21H34IN3O3. The molecule has 1 aliphatic carbocycles. The fraction of sp³-hybridized carbons (Fsp3) is 0.571. The molecule has 0 saturated heterocycles. The molecule has 0 unspecified atom stereocenters. The molecular weight excluding hydrogens is 469 g/mol. The first-order chi connectivity index (χ1) is 13.1. The average molecular weight is 503 g/mol. The molecule has 6 nitrogen and oxygen atoms in total. The standard InChI is InChI=1S/C21H33N3O3.HI/c1-5-7-16-12-15(13-19(26-3)20(16)27-4)14-23-21(22-6-2)24-17-8-10-18(25)11-9-17;/h5,12-13,17-18,25H,1,6-11,14H2,2-4H3,(H2,22,23,24);1H. The Balaban J connectivity index is 0.00000392. The fourth-order valence-corrected chi connectivity index (χ4v) is 3.41. The molecule has 3 N–H and O–H groups in total. The van der Waals surface area contributed by atoms with Gasteiger partial charge in [-0.2, -0.15) is 0 Å². The molecule has 7 heteroatoms. The van der Waals surface area contributed by atoms with E-state index in [0.29, 0.717) is 24.8 Å². The summed E-state index contributed by atoms with van der Waals surface area (Å²) >= 11 is 0. The molecule has 1 fully saturated rings. The third-order valence-electron chi connectivity index (χ3n) is 4.78. The first-order valence-electron chi connectivity index (χ1n) is 9.68. The van der Waals surface area contributed by atoms with Crippen LogP contribution in [0.4, 0.5) is 0 Å². The van der Waals surface area contributed by atoms with Gasteiger partial charge >= 0.3 is 0 Å². The van der Waals surface area contributed by atoms with Crippen LogP contribution in [-0.4, -0.2) is 44.0 Å². The van der Waals surface area contributed by atoms with Crippen molar-refractivity contribution in [2.45, 2.75) is 57.7 Å². The molecule has 0 amide bonds. The zero-order valence-electron chi connectivity index (χ0n) is 17.2. The van der Waals surface area contributed by atoms with Crippen molar-refractivity contribution in [3.8, 4) is 11.5 Å². The van der Waals surface area contributed by atoms with Crippen LogP contribution in [0.25, 0.3) is 0 Å². The minimum Gasteiger partial charge on any atom is -0.493 e. The third-order valence-corrected chi connectivity index (χ3v) is 4.78. The summed E-state index contributed by atoms with van der Waals surface area (Å²) in [7, 11) is 3.29. The SMILES string of the molecule is C=CCc1cc(CN=C(NCC)NC2CCC(O)CC2)cc(OC)c1OC.I. The molecule has 2 rings (SSSR count). The predicted octanol–water partition coefficient (Wildman–Crippen LogP) is 3.41. The highest BCUT2D eigenvalue weighted by molar-refractivity contribution is 14.0. The van der Waals surface area contributed by atoms with Crippen LogP contribution in [0.1, 0.15) is 43.7 Å². The smallest absolute Gasteiger partial charge is 0.191 e. The van der Waals surface area contributed by atoms with Gasteiger partial charge in [-0.1, -0.05) is 6.08 Å². The van der Waals surface area contributed by atoms with Crippen LogP contribution >= 0.6 is 24.0 Å². The van der Waals surface area contributed by atoms with E-state index in [9.17, 15) is 5.11 Å². The molecule has 0 radical (unpaired) electrons. The maximum absolute atomic E-state index is 9.68. The summed E-state index contributed by atoms with van der Waals surface area (Å²) in [6.45, 7) is 7.22. The van der Waals surface area contributed by atoms with Crippen LogP contribution in [0.5, 0.6) is 11.5 Å². The van der Waals surface area contributed by atoms with Gasteiger partial charge < -0.3 is 25.2 Å². The van der Waals surface area contributed by atoms with Gasteiger partial charge in [-0.3, -0.25) is 0 Å². The number of guanidine groups is 1. The van der Waals surface area contributed by atoms with Crippen LogP contribution < -0.4 is 20.1 Å². The Morgan fingerprint density at radius 2 is 1.96 bits per heavy atom. The summed E-state index contributed by atoms with van der Waals surface area (Å²) in [4.78, 5) is 4.74. The topological polar surface area (TPSA) is 75.1 Å². The number of nitrogens with one attached hydrogen (secondary N) is 2. The van der Waals surface area contributed by atoms with Gasteiger partial charge in [-0.25, -0.2) is 4.99 Å². The zero-order valence-corrected chi connectivity index (χ0v) is 19.5. The number of aliphatic imine (C=N–C) groups is 1. The maximum Gasteiger partial charge on any atom is 0.191 e. The average Bonchev–Trinajstić information content (AvgIpc) is 2.67. The minimum absolute atomic E-state index is 0. The number of rotatable bonds is 8. The van der Waals surface area contributed by atoms with E-state index < -0.39 is 0 Å². The maximum atomic E-state index is 9.68. The molecule has 0 aromatic heterocycles. The van der Waals surface area contributed by atoms with Crippen molar-refractivity contribution < 1.29 is 14.6 Å². The number of aliphatic hydroxyl groups excluding tert-OH is 1. The minimum atomic E-state index is -0.155. The number of hydrogen-bond acceptors (Lipinski definition) is 4. The van der Waals surface area contributed by atoms with Crippen LogP contribution in [0.3, 0.4) is 0 Å². The Morgan fingerprint density at radius 3 is 2.54 bits per heavy atom. The molecule has 1 saturated carbocycles. The van der Waals surface area contributed by atoms with Gasteiger partial charge in [-0.05, 0) is 56.7 Å². The van der Waals surface area contributed by atoms with Gasteiger partial charge in [-0.15, -0.1) is 30.6 Å². The Labute approximate surface area is 185 Å². The number of hydrogen-bond donors (Lipinski definition) is 3. The molecule has 1 aliphatic rings. The van der Waals surface area contributed by atoms with E-state index in [1.165, 1.54) is 0 Å². The van der Waals surface area contributed by atoms with Crippen molar-refractivity contribution in [3.63, 3.8) is 0 Å². The van der Waals surface area contributed by atoms with Crippen LogP contribution in [0, 0.1) is 0 Å². The first kappa shape index (κ1) is 24.6. The molecule has 0 spiro atoms. The van der Waals surface area contributed by atoms with E-state index in [2.05, 4.69) is 30.2 Å². The van der Waals surface area contributed by atoms with Crippen molar-refractivity contribution in [2.24, 2.45) is 4.99 Å². The van der Waals surface area contributed by atoms with Crippen molar-refractivity contribution in [1.29, 1.82) is 0 Å². The molecule has 0 heterocycles. The number of ether oxygens (including phenoxy) is 2. The Bertz CT molecular complexity index is 644. The highest BCUT2D eigenvalue weighted by atomic mass is 127. The van der Waals surface area contributed by atoms with Crippen molar-refractivity contribution in [3.05, 3.63) is 35.9 Å². The third kappa shape index (κ3) is 7.16. The molecule has 1 aromatic rings. The number of benzene rings is 1. The predicted molar refractivity (Wildman–Crippen MR) is 125 cm³/mol. The van der Waals surface area contributed by atoms with E-state index in [0.717, 1.165) is 55.1 Å². The van der Waals surface area contributed by atoms with Gasteiger partial charge in [0.2, 0.25) is 0 Å². The Hall–Kier alpha value is -1.48. The van der Waals surface area contributed by atoms with E-state index >= 15 is 0 Å². The molecule has 28 heavy (non-hydrogen) atoms. The van der Waals surface area contributed by atoms with E-state index in [-0.39, 0.29) is 30.1 Å². The summed E-state index contributed by atoms with van der Waals surface area (Å²) in [6.07, 6.45) is 6.03. The van der Waals surface area contributed by atoms with Gasteiger partial charge in [0.15, 0.2) is 17.5 Å². The summed E-state index contributed by atoms with van der Waals surface area (Å²) in [6, 6.07) is 4.41. The second-order valence-electron chi connectivity index (χ2n) is 6.83. The zero-order chi connectivity index (χ0) is 19.6. The highest BCUT2D eigenvalue weighted by Crippen LogP contribution is 2.33. The molecule has 0 atom stereocenters. The quantitative estimate of drug-likeness (QED) is 0.220. The van der Waals surface area contributed by atoms with Gasteiger partial charge in [0.1, 0.15) is 0 Å². The van der Waals surface area contributed by atoms with Crippen molar-refractivity contribution in [2.75, 3.05) is 20.8 Å². The molecule has 0 bridgehead atoms. The number of halogens is 1. The lowest BCUT2D eigenvalue weighted by molar-refractivity contribution is 0.120. The number of methoxy groups -OCH3 is 2.